The predicted molar refractivity (Wildman–Crippen MR) is 69.9 cm³/mol. The summed E-state index contributed by atoms with van der Waals surface area (Å²) in [7, 11) is 1.57. The van der Waals surface area contributed by atoms with Gasteiger partial charge >= 0.3 is 5.82 Å². The van der Waals surface area contributed by atoms with Crippen LogP contribution >= 0.6 is 24.0 Å². The van der Waals surface area contributed by atoms with Crippen LogP contribution < -0.4 is 0 Å². The molecule has 0 fully saturated rings. The van der Waals surface area contributed by atoms with E-state index in [1.165, 1.54) is 10.8 Å². The molecule has 0 amide bonds. The van der Waals surface area contributed by atoms with Crippen LogP contribution in [0.1, 0.15) is 21.1 Å². The van der Waals surface area contributed by atoms with E-state index in [1.54, 1.807) is 7.05 Å². The lowest BCUT2D eigenvalue weighted by Gasteiger charge is -2.04. The Labute approximate surface area is 117 Å². The maximum atomic E-state index is 10.7. The van der Waals surface area contributed by atoms with Crippen LogP contribution in [0.5, 0.6) is 0 Å². The monoisotopic (exact) mass is 296 g/mol. The Morgan fingerprint density at radius 2 is 2.42 bits per heavy atom. The van der Waals surface area contributed by atoms with Crippen LogP contribution in [0.3, 0.4) is 0 Å². The maximum absolute atomic E-state index is 10.7. The summed E-state index contributed by atoms with van der Waals surface area (Å²) >= 11 is 5.52. The lowest BCUT2D eigenvalue weighted by molar-refractivity contribution is -0.391. The summed E-state index contributed by atoms with van der Waals surface area (Å²) in [5.74, 6) is 0.450. The molecule has 0 saturated heterocycles. The zero-order chi connectivity index (χ0) is 14.0. The van der Waals surface area contributed by atoms with Crippen molar-refractivity contribution in [3.63, 3.8) is 0 Å². The third kappa shape index (κ3) is 2.72. The molecule has 0 aliphatic carbocycles. The average molecular weight is 296 g/mol. The molecule has 2 rings (SSSR count). The SMILES string of the molecule is Cn1c([N+](=O)[O-])cnc1CC(S)c1nnc(C#N)s1. The molecule has 2 heterocycles. The molecule has 2 aromatic heterocycles. The second-order valence-corrected chi connectivity index (χ2v) is 5.26. The number of thiol groups is 1. The largest absolute Gasteiger partial charge is 0.358 e. The van der Waals surface area contributed by atoms with Gasteiger partial charge in [0.2, 0.25) is 5.01 Å². The van der Waals surface area contributed by atoms with Crippen molar-refractivity contribution in [2.24, 2.45) is 7.05 Å². The lowest BCUT2D eigenvalue weighted by Crippen LogP contribution is -2.05. The molecule has 0 aliphatic heterocycles. The van der Waals surface area contributed by atoms with Gasteiger partial charge in [0.15, 0.2) is 5.82 Å². The Hall–Kier alpha value is -1.99. The van der Waals surface area contributed by atoms with Gasteiger partial charge in [0.05, 0.1) is 12.3 Å². The van der Waals surface area contributed by atoms with E-state index >= 15 is 0 Å². The highest BCUT2D eigenvalue weighted by Crippen LogP contribution is 2.27. The van der Waals surface area contributed by atoms with Gasteiger partial charge in [0, 0.05) is 6.42 Å². The van der Waals surface area contributed by atoms with E-state index in [0.29, 0.717) is 17.3 Å². The van der Waals surface area contributed by atoms with Gasteiger partial charge in [0.25, 0.3) is 0 Å². The normalized spacial score (nSPS) is 12.1. The third-order valence-electron chi connectivity index (χ3n) is 2.44. The molecular formula is C9H8N6O2S2. The summed E-state index contributed by atoms with van der Waals surface area (Å²) in [5, 5.41) is 27.5. The van der Waals surface area contributed by atoms with Crippen molar-refractivity contribution in [1.29, 1.82) is 5.26 Å². The fourth-order valence-electron chi connectivity index (χ4n) is 1.47. The van der Waals surface area contributed by atoms with Crippen molar-refractivity contribution in [3.8, 4) is 6.07 Å². The molecule has 98 valence electrons. The van der Waals surface area contributed by atoms with Crippen molar-refractivity contribution in [2.75, 3.05) is 0 Å². The number of hydrogen-bond donors (Lipinski definition) is 1. The zero-order valence-corrected chi connectivity index (χ0v) is 11.4. The van der Waals surface area contributed by atoms with Gasteiger partial charge < -0.3 is 10.1 Å². The predicted octanol–water partition coefficient (Wildman–Crippen LogP) is 1.27. The third-order valence-corrected chi connectivity index (χ3v) is 3.99. The molecule has 8 nitrogen and oxygen atoms in total. The highest BCUT2D eigenvalue weighted by atomic mass is 32.1. The molecule has 0 bridgehead atoms. The summed E-state index contributed by atoms with van der Waals surface area (Å²) in [6.45, 7) is 0. The van der Waals surface area contributed by atoms with E-state index in [9.17, 15) is 10.1 Å². The van der Waals surface area contributed by atoms with Gasteiger partial charge in [-0.25, -0.2) is 9.55 Å². The summed E-state index contributed by atoms with van der Waals surface area (Å²) in [5.41, 5.74) is 0. The van der Waals surface area contributed by atoms with E-state index in [0.717, 1.165) is 11.3 Å². The molecule has 1 unspecified atom stereocenters. The molecule has 0 N–H and O–H groups in total. The Kier molecular flexibility index (Phi) is 3.77. The van der Waals surface area contributed by atoms with E-state index < -0.39 is 4.92 Å². The minimum Gasteiger partial charge on any atom is -0.358 e. The molecule has 0 radical (unpaired) electrons. The number of rotatable bonds is 4. The second kappa shape index (κ2) is 5.33. The van der Waals surface area contributed by atoms with Crippen molar-refractivity contribution < 1.29 is 4.92 Å². The molecule has 0 spiro atoms. The van der Waals surface area contributed by atoms with Crippen molar-refractivity contribution >= 4 is 29.8 Å². The number of nitro groups is 1. The van der Waals surface area contributed by atoms with E-state index in [4.69, 9.17) is 5.26 Å². The molecule has 19 heavy (non-hydrogen) atoms. The number of nitrogens with zero attached hydrogens (tertiary/aromatic N) is 6. The van der Waals surface area contributed by atoms with E-state index in [2.05, 4.69) is 27.8 Å². The van der Waals surface area contributed by atoms with Crippen LogP contribution in [0.15, 0.2) is 6.20 Å². The van der Waals surface area contributed by atoms with Crippen molar-refractivity contribution in [2.45, 2.75) is 11.7 Å². The number of hydrogen-bond acceptors (Lipinski definition) is 8. The summed E-state index contributed by atoms with van der Waals surface area (Å²) in [4.78, 5) is 14.2. The zero-order valence-electron chi connectivity index (χ0n) is 9.72. The number of imidazole rings is 1. The van der Waals surface area contributed by atoms with Gasteiger partial charge in [-0.05, 0) is 4.92 Å². The first kappa shape index (κ1) is 13.4. The van der Waals surface area contributed by atoms with Crippen LogP contribution in [0.25, 0.3) is 0 Å². The minimum absolute atomic E-state index is 0.0782. The molecule has 0 saturated carbocycles. The van der Waals surface area contributed by atoms with Gasteiger partial charge in [-0.3, -0.25) is 0 Å². The Balaban J connectivity index is 2.17. The van der Waals surface area contributed by atoms with Gasteiger partial charge in [0.1, 0.15) is 17.3 Å². The maximum Gasteiger partial charge on any atom is 0.342 e. The van der Waals surface area contributed by atoms with Gasteiger partial charge in [-0.15, -0.1) is 10.2 Å². The fraction of sp³-hybridized carbons (Fsp3) is 0.333. The first-order valence-electron chi connectivity index (χ1n) is 5.09. The average Bonchev–Trinajstić information content (AvgIpc) is 2.97. The first-order chi connectivity index (χ1) is 9.02. The summed E-state index contributed by atoms with van der Waals surface area (Å²) in [6.07, 6.45) is 1.57. The molecule has 0 aliphatic rings. The molecule has 1 atom stereocenters. The number of nitriles is 1. The summed E-state index contributed by atoms with van der Waals surface area (Å²) in [6, 6.07) is 1.90. The second-order valence-electron chi connectivity index (χ2n) is 3.63. The molecule has 2 aromatic rings. The standard InChI is InChI=1S/C9H8N6O2S2/c1-14-6(11-4-8(14)15(16)17)2-5(18)9-13-12-7(3-10)19-9/h4-5,18H,2H2,1H3. The van der Waals surface area contributed by atoms with Crippen LogP contribution in [0, 0.1) is 21.4 Å². The molecule has 10 heteroatoms. The highest BCUT2D eigenvalue weighted by Gasteiger charge is 2.21. The topological polar surface area (TPSA) is 111 Å². The van der Waals surface area contributed by atoms with Crippen molar-refractivity contribution in [1.82, 2.24) is 19.7 Å². The van der Waals surface area contributed by atoms with Gasteiger partial charge in [-0.2, -0.15) is 17.9 Å². The highest BCUT2D eigenvalue weighted by molar-refractivity contribution is 7.80. The lowest BCUT2D eigenvalue weighted by atomic mass is 10.3. The minimum atomic E-state index is -0.497. The van der Waals surface area contributed by atoms with Crippen LogP contribution in [-0.4, -0.2) is 24.7 Å². The fourth-order valence-corrected chi connectivity index (χ4v) is 2.47. The van der Waals surface area contributed by atoms with E-state index in [1.807, 2.05) is 6.07 Å². The van der Waals surface area contributed by atoms with E-state index in [-0.39, 0.29) is 16.1 Å². The van der Waals surface area contributed by atoms with Crippen molar-refractivity contribution in [3.05, 3.63) is 32.2 Å². The summed E-state index contributed by atoms with van der Waals surface area (Å²) < 4.78 is 1.40. The molecule has 0 aromatic carbocycles. The Morgan fingerprint density at radius 3 is 2.95 bits per heavy atom. The van der Waals surface area contributed by atoms with Crippen LogP contribution in [0.4, 0.5) is 5.82 Å². The number of aromatic nitrogens is 4. The molecular weight excluding hydrogens is 288 g/mol. The quantitative estimate of drug-likeness (QED) is 0.516. The van der Waals surface area contributed by atoms with Gasteiger partial charge in [-0.1, -0.05) is 11.3 Å². The Bertz CT molecular complexity index is 658. The smallest absolute Gasteiger partial charge is 0.342 e. The Morgan fingerprint density at radius 1 is 1.68 bits per heavy atom. The first-order valence-corrected chi connectivity index (χ1v) is 6.42. The van der Waals surface area contributed by atoms with Crippen LogP contribution in [0.2, 0.25) is 0 Å². The van der Waals surface area contributed by atoms with Crippen LogP contribution in [-0.2, 0) is 13.5 Å².